The van der Waals surface area contributed by atoms with Crippen LogP contribution < -0.4 is 4.74 Å². The molecule has 0 N–H and O–H groups in total. The molecular weight excluding hydrogens is 271 g/mol. The molecule has 2 aromatic rings. The lowest BCUT2D eigenvalue weighted by Gasteiger charge is -2.05. The van der Waals surface area contributed by atoms with Crippen molar-refractivity contribution in [3.05, 3.63) is 35.8 Å². The molecule has 2 rings (SSSR count). The Morgan fingerprint density at radius 3 is 2.76 bits per heavy atom. The number of carbonyl (C=O) groups is 1. The van der Waals surface area contributed by atoms with Crippen molar-refractivity contribution in [3.8, 4) is 17.0 Å². The molecule has 4 nitrogen and oxygen atoms in total. The van der Waals surface area contributed by atoms with E-state index < -0.39 is 5.82 Å². The number of benzene rings is 1. The summed E-state index contributed by atoms with van der Waals surface area (Å²) in [4.78, 5) is 11.2. The molecule has 0 atom stereocenters. The summed E-state index contributed by atoms with van der Waals surface area (Å²) in [5.41, 5.74) is 1.53. The molecule has 112 valence electrons. The monoisotopic (exact) mass is 290 g/mol. The molecule has 0 bridgehead atoms. The lowest BCUT2D eigenvalue weighted by molar-refractivity contribution is 0.112. The van der Waals surface area contributed by atoms with Crippen molar-refractivity contribution in [2.24, 2.45) is 5.92 Å². The quantitative estimate of drug-likeness (QED) is 0.764. The molecule has 21 heavy (non-hydrogen) atoms. The van der Waals surface area contributed by atoms with Gasteiger partial charge in [-0.05, 0) is 30.5 Å². The van der Waals surface area contributed by atoms with Gasteiger partial charge in [-0.25, -0.2) is 4.39 Å². The number of nitrogens with zero attached hydrogens (tertiary/aromatic N) is 2. The number of aryl methyl sites for hydroxylation is 1. The minimum Gasteiger partial charge on any atom is -0.494 e. The first-order valence-corrected chi connectivity index (χ1v) is 6.91. The van der Waals surface area contributed by atoms with Crippen molar-refractivity contribution in [3.63, 3.8) is 0 Å². The highest BCUT2D eigenvalue weighted by molar-refractivity contribution is 5.85. The van der Waals surface area contributed by atoms with Crippen LogP contribution in [0.2, 0.25) is 0 Å². The first-order chi connectivity index (χ1) is 10.0. The Morgan fingerprint density at radius 1 is 1.43 bits per heavy atom. The molecule has 1 aromatic carbocycles. The zero-order chi connectivity index (χ0) is 15.4. The molecule has 0 unspecified atom stereocenters. The molecule has 0 aliphatic heterocycles. The highest BCUT2D eigenvalue weighted by Gasteiger charge is 2.13. The molecule has 0 aliphatic carbocycles. The van der Waals surface area contributed by atoms with Crippen LogP contribution in [-0.2, 0) is 6.54 Å². The van der Waals surface area contributed by atoms with E-state index in [0.717, 1.165) is 19.3 Å². The first kappa shape index (κ1) is 15.2. The maximum Gasteiger partial charge on any atom is 0.165 e. The fraction of sp³-hybridized carbons (Fsp3) is 0.375. The van der Waals surface area contributed by atoms with Crippen LogP contribution in [0.3, 0.4) is 0 Å². The van der Waals surface area contributed by atoms with E-state index in [1.807, 2.05) is 0 Å². The van der Waals surface area contributed by atoms with Gasteiger partial charge < -0.3 is 4.74 Å². The Bertz CT molecular complexity index is 635. The van der Waals surface area contributed by atoms with Crippen molar-refractivity contribution in [2.45, 2.75) is 26.8 Å². The Kier molecular flexibility index (Phi) is 4.73. The van der Waals surface area contributed by atoms with Crippen LogP contribution in [0.5, 0.6) is 5.75 Å². The number of hydrogen-bond donors (Lipinski definition) is 0. The molecule has 0 amide bonds. The number of methoxy groups -OCH3 is 1. The summed E-state index contributed by atoms with van der Waals surface area (Å²) in [6.07, 6.45) is 3.42. The summed E-state index contributed by atoms with van der Waals surface area (Å²) in [7, 11) is 1.41. The number of aldehydes is 1. The Labute approximate surface area is 123 Å². The van der Waals surface area contributed by atoms with Gasteiger partial charge in [-0.2, -0.15) is 5.10 Å². The minimum absolute atomic E-state index is 0.172. The zero-order valence-electron chi connectivity index (χ0n) is 12.5. The van der Waals surface area contributed by atoms with Gasteiger partial charge in [-0.15, -0.1) is 0 Å². The Hall–Kier alpha value is -2.17. The molecule has 0 aliphatic rings. The maximum absolute atomic E-state index is 13.8. The predicted octanol–water partition coefficient (Wildman–Crippen LogP) is 3.56. The van der Waals surface area contributed by atoms with E-state index in [0.29, 0.717) is 22.7 Å². The summed E-state index contributed by atoms with van der Waals surface area (Å²) in [6.45, 7) is 4.99. The minimum atomic E-state index is -0.469. The van der Waals surface area contributed by atoms with E-state index in [9.17, 15) is 9.18 Å². The lowest BCUT2D eigenvalue weighted by atomic mass is 10.1. The van der Waals surface area contributed by atoms with E-state index in [4.69, 9.17) is 4.74 Å². The van der Waals surface area contributed by atoms with Gasteiger partial charge in [0.2, 0.25) is 0 Å². The van der Waals surface area contributed by atoms with Crippen molar-refractivity contribution in [1.29, 1.82) is 0 Å². The summed E-state index contributed by atoms with van der Waals surface area (Å²) >= 11 is 0. The van der Waals surface area contributed by atoms with E-state index in [2.05, 4.69) is 18.9 Å². The number of aromatic nitrogens is 2. The molecule has 0 radical (unpaired) electrons. The fourth-order valence-corrected chi connectivity index (χ4v) is 2.07. The van der Waals surface area contributed by atoms with Crippen molar-refractivity contribution in [2.75, 3.05) is 7.11 Å². The van der Waals surface area contributed by atoms with Gasteiger partial charge in [0.1, 0.15) is 5.69 Å². The van der Waals surface area contributed by atoms with Crippen LogP contribution in [0, 0.1) is 11.7 Å². The van der Waals surface area contributed by atoms with Gasteiger partial charge in [-0.1, -0.05) is 13.8 Å². The van der Waals surface area contributed by atoms with Gasteiger partial charge in [0.25, 0.3) is 0 Å². The molecule has 5 heteroatoms. The van der Waals surface area contributed by atoms with Crippen LogP contribution in [0.4, 0.5) is 4.39 Å². The molecule has 1 aromatic heterocycles. The summed E-state index contributed by atoms with van der Waals surface area (Å²) in [5.74, 6) is 0.255. The molecule has 0 fully saturated rings. The number of carbonyl (C=O) groups excluding carboxylic acids is 1. The van der Waals surface area contributed by atoms with Crippen LogP contribution in [0.25, 0.3) is 11.3 Å². The summed E-state index contributed by atoms with van der Waals surface area (Å²) in [6, 6.07) is 4.57. The second kappa shape index (κ2) is 6.52. The molecule has 0 saturated carbocycles. The largest absolute Gasteiger partial charge is 0.494 e. The fourth-order valence-electron chi connectivity index (χ4n) is 2.07. The van der Waals surface area contributed by atoms with Gasteiger partial charge in [0, 0.05) is 18.3 Å². The summed E-state index contributed by atoms with van der Waals surface area (Å²) < 4.78 is 20.4. The maximum atomic E-state index is 13.8. The van der Waals surface area contributed by atoms with Gasteiger partial charge in [0.15, 0.2) is 17.9 Å². The van der Waals surface area contributed by atoms with Gasteiger partial charge >= 0.3 is 0 Å². The third kappa shape index (κ3) is 3.48. The average Bonchev–Trinajstić information content (AvgIpc) is 2.88. The van der Waals surface area contributed by atoms with Crippen LogP contribution in [0.15, 0.2) is 24.4 Å². The van der Waals surface area contributed by atoms with E-state index >= 15 is 0 Å². The number of ether oxygens (including phenoxy) is 1. The topological polar surface area (TPSA) is 44.1 Å². The lowest BCUT2D eigenvalue weighted by Crippen LogP contribution is -2.02. The smallest absolute Gasteiger partial charge is 0.165 e. The van der Waals surface area contributed by atoms with Crippen LogP contribution in [0.1, 0.15) is 30.6 Å². The van der Waals surface area contributed by atoms with E-state index in [1.54, 1.807) is 16.9 Å². The highest BCUT2D eigenvalue weighted by atomic mass is 19.1. The highest BCUT2D eigenvalue weighted by Crippen LogP contribution is 2.26. The van der Waals surface area contributed by atoms with Crippen molar-refractivity contribution < 1.29 is 13.9 Å². The van der Waals surface area contributed by atoms with Gasteiger partial charge in [0.05, 0.1) is 12.7 Å². The molecule has 0 spiro atoms. The zero-order valence-corrected chi connectivity index (χ0v) is 12.5. The Morgan fingerprint density at radius 2 is 2.19 bits per heavy atom. The normalized spacial score (nSPS) is 10.9. The molecular formula is C16H19FN2O2. The third-order valence-electron chi connectivity index (χ3n) is 3.28. The number of halogens is 1. The van der Waals surface area contributed by atoms with Crippen molar-refractivity contribution >= 4 is 6.29 Å². The Balaban J connectivity index is 2.34. The van der Waals surface area contributed by atoms with Crippen LogP contribution >= 0.6 is 0 Å². The first-order valence-electron chi connectivity index (χ1n) is 6.91. The van der Waals surface area contributed by atoms with Crippen LogP contribution in [-0.4, -0.2) is 23.2 Å². The number of rotatable bonds is 6. The third-order valence-corrected chi connectivity index (χ3v) is 3.28. The van der Waals surface area contributed by atoms with E-state index in [-0.39, 0.29) is 5.75 Å². The second-order valence-corrected chi connectivity index (χ2v) is 5.35. The van der Waals surface area contributed by atoms with Crippen molar-refractivity contribution in [1.82, 2.24) is 9.78 Å². The molecule has 0 saturated heterocycles. The average molecular weight is 290 g/mol. The second-order valence-electron chi connectivity index (χ2n) is 5.35. The predicted molar refractivity (Wildman–Crippen MR) is 79.0 cm³/mol. The number of hydrogen-bond acceptors (Lipinski definition) is 3. The standard InChI is InChI=1S/C16H19FN2O2/c1-11(2)6-7-19-9-13(10-20)16(18-19)12-4-5-15(21-3)14(17)8-12/h4-5,8-11H,6-7H2,1-3H3. The molecule has 1 heterocycles. The SMILES string of the molecule is COc1ccc(-c2nn(CCC(C)C)cc2C=O)cc1F. The van der Waals surface area contributed by atoms with Gasteiger partial charge in [-0.3, -0.25) is 9.48 Å². The summed E-state index contributed by atoms with van der Waals surface area (Å²) in [5, 5.41) is 4.40. The van der Waals surface area contributed by atoms with E-state index in [1.165, 1.54) is 19.2 Å².